The van der Waals surface area contributed by atoms with Crippen molar-refractivity contribution >= 4 is 47.9 Å². The number of rotatable bonds is 10. The number of benzene rings is 1. The second-order valence-electron chi connectivity index (χ2n) is 7.67. The van der Waals surface area contributed by atoms with Crippen LogP contribution in [0.5, 0.6) is 0 Å². The summed E-state index contributed by atoms with van der Waals surface area (Å²) < 4.78 is 31.8. The Kier molecular flexibility index (Phi) is 9.58. The van der Waals surface area contributed by atoms with Crippen LogP contribution in [0.25, 0.3) is 5.57 Å². The number of allylic oxidation sites excluding steroid dienone is 1. The molecule has 1 aromatic rings. The molecule has 0 heterocycles. The molecular weight excluding hydrogens is 412 g/mol. The molecule has 1 rings (SSSR count). The van der Waals surface area contributed by atoms with Crippen LogP contribution in [-0.2, 0) is 10.2 Å². The molecule has 0 aromatic heterocycles. The van der Waals surface area contributed by atoms with Crippen LogP contribution in [-0.4, -0.2) is 45.0 Å². The number of nitrogens with zero attached hydrogens (tertiary/aromatic N) is 3. The lowest BCUT2D eigenvalue weighted by Crippen LogP contribution is -2.21. The summed E-state index contributed by atoms with van der Waals surface area (Å²) in [5, 5.41) is 9.61. The molecular formula is C21H30ClF2N5O. The number of ether oxygens (including phenoxy) is 1. The number of aliphatic imine (C=N–C) groups is 1. The van der Waals surface area contributed by atoms with Gasteiger partial charge in [0, 0.05) is 24.4 Å². The zero-order chi connectivity index (χ0) is 22.9. The first-order valence-electron chi connectivity index (χ1n) is 9.36. The van der Waals surface area contributed by atoms with Crippen molar-refractivity contribution in [3.63, 3.8) is 0 Å². The zero-order valence-corrected chi connectivity index (χ0v) is 18.9. The molecule has 0 atom stereocenters. The van der Waals surface area contributed by atoms with Crippen molar-refractivity contribution in [1.82, 2.24) is 5.32 Å². The largest absolute Gasteiger partial charge is 0.463 e. The number of hydrogen-bond acceptors (Lipinski definition) is 6. The van der Waals surface area contributed by atoms with Gasteiger partial charge in [-0.05, 0) is 61.0 Å². The van der Waals surface area contributed by atoms with Gasteiger partial charge in [-0.1, -0.05) is 26.8 Å². The first kappa shape index (κ1) is 25.7. The predicted octanol–water partition coefficient (Wildman–Crippen LogP) is 5.56. The predicted molar refractivity (Wildman–Crippen MR) is 124 cm³/mol. The molecule has 0 spiro atoms. The molecule has 0 radical (unpaired) electrons. The normalized spacial score (nSPS) is 13.2. The Labute approximate surface area is 182 Å². The average Bonchev–Trinajstić information content (AvgIpc) is 2.66. The van der Waals surface area contributed by atoms with Gasteiger partial charge >= 0.3 is 5.38 Å². The van der Waals surface area contributed by atoms with E-state index in [1.54, 1.807) is 19.2 Å². The van der Waals surface area contributed by atoms with Crippen LogP contribution in [0.4, 0.5) is 20.2 Å². The maximum atomic E-state index is 13.1. The fraction of sp³-hybridized carbons (Fsp3) is 0.476. The van der Waals surface area contributed by atoms with Gasteiger partial charge in [0.1, 0.15) is 6.73 Å². The molecule has 0 unspecified atom stereocenters. The minimum Gasteiger partial charge on any atom is -0.463 e. The molecule has 0 aliphatic heterocycles. The molecule has 0 fully saturated rings. The van der Waals surface area contributed by atoms with E-state index in [1.807, 2.05) is 33.8 Å². The molecule has 9 heteroatoms. The molecule has 0 amide bonds. The highest BCUT2D eigenvalue weighted by molar-refractivity contribution is 6.22. The second-order valence-corrected chi connectivity index (χ2v) is 8.22. The average molecular weight is 442 g/mol. The zero-order valence-electron chi connectivity index (χ0n) is 18.2. The Bertz CT molecular complexity index is 811. The van der Waals surface area contributed by atoms with E-state index in [0.29, 0.717) is 23.7 Å². The molecule has 30 heavy (non-hydrogen) atoms. The van der Waals surface area contributed by atoms with Gasteiger partial charge in [-0.2, -0.15) is 13.9 Å². The number of hydrogen-bond donors (Lipinski definition) is 2. The van der Waals surface area contributed by atoms with Crippen LogP contribution in [0.1, 0.15) is 45.2 Å². The Morgan fingerprint density at radius 1 is 1.27 bits per heavy atom. The molecule has 0 saturated carbocycles. The fourth-order valence-corrected chi connectivity index (χ4v) is 2.76. The first-order chi connectivity index (χ1) is 13.9. The van der Waals surface area contributed by atoms with E-state index in [2.05, 4.69) is 39.3 Å². The number of halogens is 3. The second kappa shape index (κ2) is 11.2. The summed E-state index contributed by atoms with van der Waals surface area (Å²) in [5.74, 6) is 0.388. The third-order valence-corrected chi connectivity index (χ3v) is 4.28. The lowest BCUT2D eigenvalue weighted by molar-refractivity contribution is 0.111. The molecule has 1 aromatic carbocycles. The topological polar surface area (TPSA) is 70.4 Å². The van der Waals surface area contributed by atoms with Crippen LogP contribution in [0, 0.1) is 0 Å². The maximum Gasteiger partial charge on any atom is 0.338 e. The molecule has 0 aliphatic carbocycles. The van der Waals surface area contributed by atoms with E-state index in [-0.39, 0.29) is 12.1 Å². The van der Waals surface area contributed by atoms with Crippen molar-refractivity contribution in [2.24, 2.45) is 15.2 Å². The lowest BCUT2D eigenvalue weighted by Gasteiger charge is -2.25. The number of nitrogens with one attached hydrogen (secondary N) is 2. The summed E-state index contributed by atoms with van der Waals surface area (Å²) in [7, 11) is 1.75. The highest BCUT2D eigenvalue weighted by Crippen LogP contribution is 2.40. The van der Waals surface area contributed by atoms with Gasteiger partial charge in [-0.15, -0.1) is 5.10 Å². The van der Waals surface area contributed by atoms with E-state index < -0.39 is 11.9 Å². The quantitative estimate of drug-likeness (QED) is 0.164. The van der Waals surface area contributed by atoms with Gasteiger partial charge in [-0.3, -0.25) is 10.3 Å². The van der Waals surface area contributed by atoms with E-state index in [1.165, 1.54) is 0 Å². The molecule has 0 aliphatic rings. The van der Waals surface area contributed by atoms with Gasteiger partial charge in [0.25, 0.3) is 0 Å². The van der Waals surface area contributed by atoms with Gasteiger partial charge in [-0.25, -0.2) is 0 Å². The van der Waals surface area contributed by atoms with E-state index >= 15 is 0 Å². The van der Waals surface area contributed by atoms with Crippen molar-refractivity contribution in [3.05, 3.63) is 29.3 Å². The third kappa shape index (κ3) is 8.20. The van der Waals surface area contributed by atoms with Crippen LogP contribution >= 0.6 is 11.6 Å². The summed E-state index contributed by atoms with van der Waals surface area (Å²) in [4.78, 5) is 4.23. The van der Waals surface area contributed by atoms with E-state index in [4.69, 9.17) is 16.3 Å². The van der Waals surface area contributed by atoms with Crippen LogP contribution in [0.3, 0.4) is 0 Å². The van der Waals surface area contributed by atoms with Gasteiger partial charge in [0.2, 0.25) is 5.90 Å². The van der Waals surface area contributed by atoms with E-state index in [0.717, 1.165) is 16.7 Å². The minimum absolute atomic E-state index is 0.279. The lowest BCUT2D eigenvalue weighted by atomic mass is 9.83. The van der Waals surface area contributed by atoms with Crippen molar-refractivity contribution in [1.29, 1.82) is 0 Å². The monoisotopic (exact) mass is 441 g/mol. The van der Waals surface area contributed by atoms with Gasteiger partial charge < -0.3 is 10.1 Å². The standard InChI is InChI=1S/C21H30ClF2N5O/c1-14(8-9-18(29-27-7)30-13-25-5)16-10-15(28-12-21(22,23)24)11-17(19(16)26-6)20(2,3)4/h8,10-11,25,28H,6-7,9,12-13H2,1-5H3/b14-8-,29-18-. The molecule has 2 N–H and O–H groups in total. The Morgan fingerprint density at radius 3 is 2.43 bits per heavy atom. The van der Waals surface area contributed by atoms with Crippen molar-refractivity contribution in [2.75, 3.05) is 25.6 Å². The number of anilines is 1. The SMILES string of the molecule is C=N/N=C(/C/C=C(/C)c1cc(NCC(F)(F)Cl)cc(C(C)(C)C)c1N=C)OCNC. The molecule has 0 bridgehead atoms. The summed E-state index contributed by atoms with van der Waals surface area (Å²) in [6.07, 6.45) is 2.27. The summed E-state index contributed by atoms with van der Waals surface area (Å²) in [6.45, 7) is 14.6. The highest BCUT2D eigenvalue weighted by Gasteiger charge is 2.26. The molecule has 0 saturated heterocycles. The highest BCUT2D eigenvalue weighted by atomic mass is 35.5. The van der Waals surface area contributed by atoms with Crippen molar-refractivity contribution < 1.29 is 13.5 Å². The Morgan fingerprint density at radius 2 is 1.93 bits per heavy atom. The van der Waals surface area contributed by atoms with Gasteiger partial charge in [0.15, 0.2) is 0 Å². The van der Waals surface area contributed by atoms with Gasteiger partial charge in [0.05, 0.1) is 12.2 Å². The summed E-state index contributed by atoms with van der Waals surface area (Å²) in [6, 6.07) is 3.55. The smallest absolute Gasteiger partial charge is 0.338 e. The Hall–Kier alpha value is -2.32. The van der Waals surface area contributed by atoms with Crippen LogP contribution in [0.15, 0.2) is 33.4 Å². The third-order valence-electron chi connectivity index (χ3n) is 4.14. The molecule has 166 valence electrons. The summed E-state index contributed by atoms with van der Waals surface area (Å²) >= 11 is 5.05. The Balaban J connectivity index is 3.40. The van der Waals surface area contributed by atoms with Crippen LogP contribution < -0.4 is 10.6 Å². The maximum absolute atomic E-state index is 13.1. The first-order valence-corrected chi connectivity index (χ1v) is 9.73. The van der Waals surface area contributed by atoms with Crippen molar-refractivity contribution in [2.45, 2.75) is 44.9 Å². The van der Waals surface area contributed by atoms with Crippen molar-refractivity contribution in [3.8, 4) is 0 Å². The molecule has 6 nitrogen and oxygen atoms in total. The minimum atomic E-state index is -3.35. The van der Waals surface area contributed by atoms with E-state index in [9.17, 15) is 8.78 Å². The fourth-order valence-electron chi connectivity index (χ4n) is 2.69. The number of alkyl halides is 3. The van der Waals surface area contributed by atoms with Crippen LogP contribution in [0.2, 0.25) is 0 Å². The summed E-state index contributed by atoms with van der Waals surface area (Å²) in [5.41, 5.74) is 3.41.